The van der Waals surface area contributed by atoms with Crippen molar-refractivity contribution >= 4 is 21.6 Å². The van der Waals surface area contributed by atoms with Crippen molar-refractivity contribution in [2.45, 2.75) is 17.4 Å². The molecule has 0 radical (unpaired) electrons. The third-order valence-electron chi connectivity index (χ3n) is 4.73. The Bertz CT molecular complexity index is 980. The van der Waals surface area contributed by atoms with Gasteiger partial charge in [0.25, 0.3) is 5.91 Å². The van der Waals surface area contributed by atoms with E-state index in [4.69, 9.17) is 9.47 Å². The lowest BCUT2D eigenvalue weighted by atomic mass is 10.1. The van der Waals surface area contributed by atoms with E-state index in [2.05, 4.69) is 5.32 Å². The van der Waals surface area contributed by atoms with Gasteiger partial charge in [0, 0.05) is 25.2 Å². The fraction of sp³-hybridized carbons (Fsp3) is 0.316. The van der Waals surface area contributed by atoms with E-state index in [1.54, 1.807) is 6.07 Å². The molecule has 28 heavy (non-hydrogen) atoms. The fourth-order valence-electron chi connectivity index (χ4n) is 3.26. The van der Waals surface area contributed by atoms with Gasteiger partial charge in [-0.3, -0.25) is 4.79 Å². The van der Waals surface area contributed by atoms with Crippen LogP contribution in [0.4, 0.5) is 10.1 Å². The molecule has 9 heteroatoms. The maximum Gasteiger partial charge on any atom is 0.265 e. The number of anilines is 1. The minimum absolute atomic E-state index is 0.159. The minimum atomic E-state index is -4.02. The molecule has 2 aromatic rings. The number of fused-ring (bicyclic) bond motifs is 1. The fourth-order valence-corrected chi connectivity index (χ4v) is 4.75. The van der Waals surface area contributed by atoms with Gasteiger partial charge >= 0.3 is 0 Å². The number of benzene rings is 2. The summed E-state index contributed by atoms with van der Waals surface area (Å²) in [5.74, 6) is -0.635. The molecule has 2 aliphatic rings. The van der Waals surface area contributed by atoms with Gasteiger partial charge in [0.1, 0.15) is 16.5 Å². The lowest BCUT2D eigenvalue weighted by Gasteiger charge is -2.26. The Kier molecular flexibility index (Phi) is 5.05. The van der Waals surface area contributed by atoms with E-state index in [0.717, 1.165) is 17.7 Å². The summed E-state index contributed by atoms with van der Waals surface area (Å²) in [5.41, 5.74) is 1.12. The van der Waals surface area contributed by atoms with E-state index in [1.807, 2.05) is 18.2 Å². The van der Waals surface area contributed by atoms with E-state index < -0.39 is 32.7 Å². The smallest absolute Gasteiger partial charge is 0.265 e. The molecule has 1 fully saturated rings. The first-order chi connectivity index (χ1) is 13.4. The number of carbonyl (C=O) groups excluding carboxylic acids is 1. The molecule has 1 N–H and O–H groups in total. The number of sulfonamides is 1. The van der Waals surface area contributed by atoms with Crippen LogP contribution in [0.15, 0.2) is 47.4 Å². The van der Waals surface area contributed by atoms with Crippen molar-refractivity contribution in [2.24, 2.45) is 0 Å². The minimum Gasteiger partial charge on any atom is -0.480 e. The van der Waals surface area contributed by atoms with Gasteiger partial charge in [-0.05, 0) is 29.8 Å². The standard InChI is InChI=1S/C19H19FN2O5S/c20-15-6-5-14(12-18(15)28(24,25)22-7-9-26-10-8-22)21-19(23)17-11-13-3-1-2-4-16(13)27-17/h1-6,12,17H,7-11H2,(H,21,23)/t17-/m0/s1. The van der Waals surface area contributed by atoms with Crippen LogP contribution in [-0.2, 0) is 26.0 Å². The molecule has 148 valence electrons. The molecule has 0 spiro atoms. The summed E-state index contributed by atoms with van der Waals surface area (Å²) in [7, 11) is -4.02. The van der Waals surface area contributed by atoms with Crippen LogP contribution in [0.2, 0.25) is 0 Å². The Morgan fingerprint density at radius 2 is 1.89 bits per heavy atom. The number of nitrogens with one attached hydrogen (secondary N) is 1. The van der Waals surface area contributed by atoms with Crippen LogP contribution in [-0.4, -0.2) is 51.0 Å². The van der Waals surface area contributed by atoms with E-state index in [-0.39, 0.29) is 32.0 Å². The molecule has 0 bridgehead atoms. The van der Waals surface area contributed by atoms with Crippen LogP contribution in [0, 0.1) is 5.82 Å². The predicted molar refractivity (Wildman–Crippen MR) is 99.2 cm³/mol. The van der Waals surface area contributed by atoms with Crippen LogP contribution >= 0.6 is 0 Å². The average Bonchev–Trinajstić information content (AvgIpc) is 3.14. The number of hydrogen-bond acceptors (Lipinski definition) is 5. The highest BCUT2D eigenvalue weighted by Crippen LogP contribution is 2.29. The molecular formula is C19H19FN2O5S. The van der Waals surface area contributed by atoms with Crippen molar-refractivity contribution in [1.29, 1.82) is 0 Å². The zero-order valence-electron chi connectivity index (χ0n) is 14.9. The molecule has 1 atom stereocenters. The monoisotopic (exact) mass is 406 g/mol. The lowest BCUT2D eigenvalue weighted by molar-refractivity contribution is -0.122. The average molecular weight is 406 g/mol. The van der Waals surface area contributed by atoms with E-state index >= 15 is 0 Å². The van der Waals surface area contributed by atoms with Crippen LogP contribution < -0.4 is 10.1 Å². The van der Waals surface area contributed by atoms with E-state index in [0.29, 0.717) is 12.2 Å². The Hall–Kier alpha value is -2.49. The van der Waals surface area contributed by atoms with Gasteiger partial charge < -0.3 is 14.8 Å². The normalized spacial score (nSPS) is 19.7. The van der Waals surface area contributed by atoms with Crippen LogP contribution in [0.3, 0.4) is 0 Å². The number of hydrogen-bond donors (Lipinski definition) is 1. The SMILES string of the molecule is O=C(Nc1ccc(F)c(S(=O)(=O)N2CCOCC2)c1)[C@@H]1Cc2ccccc2O1. The van der Waals surface area contributed by atoms with Crippen molar-refractivity contribution in [1.82, 2.24) is 4.31 Å². The van der Waals surface area contributed by atoms with Gasteiger partial charge in [0.2, 0.25) is 10.0 Å². The molecule has 0 aliphatic carbocycles. The predicted octanol–water partition coefficient (Wildman–Crippen LogP) is 1.79. The second kappa shape index (κ2) is 7.50. The molecule has 1 saturated heterocycles. The maximum atomic E-state index is 14.3. The summed E-state index contributed by atoms with van der Waals surface area (Å²) in [6.45, 7) is 0.840. The van der Waals surface area contributed by atoms with Gasteiger partial charge in [-0.2, -0.15) is 4.31 Å². The van der Waals surface area contributed by atoms with Crippen molar-refractivity contribution in [3.05, 3.63) is 53.8 Å². The van der Waals surface area contributed by atoms with Gasteiger partial charge in [-0.15, -0.1) is 0 Å². The molecule has 0 saturated carbocycles. The van der Waals surface area contributed by atoms with Gasteiger partial charge in [-0.1, -0.05) is 18.2 Å². The van der Waals surface area contributed by atoms with Crippen molar-refractivity contribution in [3.63, 3.8) is 0 Å². The Morgan fingerprint density at radius 3 is 2.64 bits per heavy atom. The number of rotatable bonds is 4. The second-order valence-electron chi connectivity index (χ2n) is 6.57. The summed E-state index contributed by atoms with van der Waals surface area (Å²) in [5, 5.41) is 2.62. The molecule has 2 aliphatic heterocycles. The van der Waals surface area contributed by atoms with Gasteiger partial charge in [0.05, 0.1) is 13.2 Å². The number of carbonyl (C=O) groups is 1. The summed E-state index contributed by atoms with van der Waals surface area (Å²) >= 11 is 0. The number of nitrogens with zero attached hydrogens (tertiary/aromatic N) is 1. The van der Waals surface area contributed by atoms with Crippen LogP contribution in [0.5, 0.6) is 5.75 Å². The van der Waals surface area contributed by atoms with Gasteiger partial charge in [-0.25, -0.2) is 12.8 Å². The number of ether oxygens (including phenoxy) is 2. The quantitative estimate of drug-likeness (QED) is 0.837. The number of halogens is 1. The summed E-state index contributed by atoms with van der Waals surface area (Å²) < 4.78 is 51.7. The molecule has 1 amide bonds. The molecule has 7 nitrogen and oxygen atoms in total. The Labute approximate surface area is 162 Å². The molecule has 4 rings (SSSR count). The van der Waals surface area contributed by atoms with E-state index in [9.17, 15) is 17.6 Å². The maximum absolute atomic E-state index is 14.3. The van der Waals surface area contributed by atoms with Crippen molar-refractivity contribution in [2.75, 3.05) is 31.6 Å². The summed E-state index contributed by atoms with van der Waals surface area (Å²) in [4.78, 5) is 12.1. The highest BCUT2D eigenvalue weighted by molar-refractivity contribution is 7.89. The number of para-hydroxylation sites is 1. The first-order valence-electron chi connectivity index (χ1n) is 8.88. The highest BCUT2D eigenvalue weighted by atomic mass is 32.2. The third kappa shape index (κ3) is 3.60. The highest BCUT2D eigenvalue weighted by Gasteiger charge is 2.31. The molecule has 2 aromatic carbocycles. The first kappa shape index (κ1) is 18.9. The van der Waals surface area contributed by atoms with Crippen LogP contribution in [0.1, 0.15) is 5.56 Å². The van der Waals surface area contributed by atoms with Gasteiger partial charge in [0.15, 0.2) is 6.10 Å². The molecule has 0 aromatic heterocycles. The second-order valence-corrected chi connectivity index (χ2v) is 8.48. The number of morpholine rings is 1. The lowest BCUT2D eigenvalue weighted by Crippen LogP contribution is -2.41. The topological polar surface area (TPSA) is 84.9 Å². The van der Waals surface area contributed by atoms with Crippen molar-refractivity contribution < 1.29 is 27.1 Å². The molecule has 2 heterocycles. The summed E-state index contributed by atoms with van der Waals surface area (Å²) in [6.07, 6.45) is -0.302. The zero-order valence-corrected chi connectivity index (χ0v) is 15.7. The molecule has 0 unspecified atom stereocenters. The first-order valence-corrected chi connectivity index (χ1v) is 10.3. The van der Waals surface area contributed by atoms with E-state index in [1.165, 1.54) is 10.4 Å². The molecular weight excluding hydrogens is 387 g/mol. The Morgan fingerprint density at radius 1 is 1.14 bits per heavy atom. The Balaban J connectivity index is 1.52. The number of amides is 1. The zero-order chi connectivity index (χ0) is 19.7. The summed E-state index contributed by atoms with van der Waals surface area (Å²) in [6, 6.07) is 10.9. The third-order valence-corrected chi connectivity index (χ3v) is 6.64. The van der Waals surface area contributed by atoms with Crippen molar-refractivity contribution in [3.8, 4) is 5.75 Å². The largest absolute Gasteiger partial charge is 0.480 e. The van der Waals surface area contributed by atoms with Crippen LogP contribution in [0.25, 0.3) is 0 Å².